The van der Waals surface area contributed by atoms with Crippen molar-refractivity contribution < 1.29 is 5.11 Å². The Morgan fingerprint density at radius 2 is 2.21 bits per heavy atom. The van der Waals surface area contributed by atoms with Crippen molar-refractivity contribution in [2.24, 2.45) is 11.3 Å². The van der Waals surface area contributed by atoms with Gasteiger partial charge in [-0.2, -0.15) is 0 Å². The van der Waals surface area contributed by atoms with Crippen LogP contribution in [-0.4, -0.2) is 10.7 Å². The molecule has 0 aromatic heterocycles. The summed E-state index contributed by atoms with van der Waals surface area (Å²) >= 11 is 0. The zero-order valence-corrected chi connectivity index (χ0v) is 13.1. The molecule has 0 heterocycles. The van der Waals surface area contributed by atoms with E-state index in [1.165, 1.54) is 5.57 Å². The van der Waals surface area contributed by atoms with Gasteiger partial charge in [-0.15, -0.1) is 6.58 Å². The van der Waals surface area contributed by atoms with Gasteiger partial charge >= 0.3 is 0 Å². The Bertz CT molecular complexity index is 379. The first-order chi connectivity index (χ1) is 8.83. The fourth-order valence-electron chi connectivity index (χ4n) is 3.73. The molecular formula is C18H30O. The predicted molar refractivity (Wildman–Crippen MR) is 84.1 cm³/mol. The van der Waals surface area contributed by atoms with Crippen LogP contribution in [0.15, 0.2) is 36.5 Å². The lowest BCUT2D eigenvalue weighted by Gasteiger charge is -2.53. The van der Waals surface area contributed by atoms with Crippen molar-refractivity contribution in [3.8, 4) is 0 Å². The minimum atomic E-state index is -0.723. The van der Waals surface area contributed by atoms with Crippen molar-refractivity contribution in [2.75, 3.05) is 0 Å². The van der Waals surface area contributed by atoms with Crippen LogP contribution in [0.1, 0.15) is 59.8 Å². The van der Waals surface area contributed by atoms with E-state index in [0.29, 0.717) is 5.92 Å². The van der Waals surface area contributed by atoms with Gasteiger partial charge in [-0.3, -0.25) is 0 Å². The molecule has 0 unspecified atom stereocenters. The van der Waals surface area contributed by atoms with Crippen LogP contribution in [0.5, 0.6) is 0 Å². The van der Waals surface area contributed by atoms with Crippen LogP contribution >= 0.6 is 0 Å². The molecule has 1 N–H and O–H groups in total. The summed E-state index contributed by atoms with van der Waals surface area (Å²) in [5, 5.41) is 11.4. The van der Waals surface area contributed by atoms with E-state index in [1.54, 1.807) is 0 Å². The van der Waals surface area contributed by atoms with Gasteiger partial charge in [0.1, 0.15) is 0 Å². The summed E-state index contributed by atoms with van der Waals surface area (Å²) < 4.78 is 0. The van der Waals surface area contributed by atoms with Crippen LogP contribution in [0.4, 0.5) is 0 Å². The smallest absolute Gasteiger partial charge is 0.0916 e. The first-order valence-corrected chi connectivity index (χ1v) is 7.49. The van der Waals surface area contributed by atoms with Crippen molar-refractivity contribution in [3.05, 3.63) is 36.5 Å². The predicted octanol–water partition coefficient (Wildman–Crippen LogP) is 5.03. The standard InChI is InChI=1S/C18H30O/c1-7-9-13-18(19)15(5)10-11-16(14(3)4)17(18,6)12-8-2/h8,10,16,19H,2-3,7,9,11-13H2,1,4-6H3/t16-,17-,18-/m0/s1. The van der Waals surface area contributed by atoms with Gasteiger partial charge in [0.05, 0.1) is 5.60 Å². The normalized spacial score (nSPS) is 34.8. The van der Waals surface area contributed by atoms with Crippen LogP contribution in [-0.2, 0) is 0 Å². The summed E-state index contributed by atoms with van der Waals surface area (Å²) in [7, 11) is 0. The topological polar surface area (TPSA) is 20.2 Å². The molecule has 0 saturated carbocycles. The van der Waals surface area contributed by atoms with Crippen LogP contribution in [0.2, 0.25) is 0 Å². The molecule has 0 aliphatic heterocycles. The second kappa shape index (κ2) is 6.09. The highest BCUT2D eigenvalue weighted by Gasteiger charge is 2.53. The highest BCUT2D eigenvalue weighted by molar-refractivity contribution is 5.29. The number of rotatable bonds is 6. The Balaban J connectivity index is 3.27. The molecule has 0 aromatic carbocycles. The Morgan fingerprint density at radius 1 is 1.58 bits per heavy atom. The molecule has 0 aromatic rings. The molecule has 1 aliphatic rings. The van der Waals surface area contributed by atoms with Gasteiger partial charge in [-0.25, -0.2) is 0 Å². The molecule has 3 atom stereocenters. The lowest BCUT2D eigenvalue weighted by molar-refractivity contribution is -0.0835. The average molecular weight is 262 g/mol. The van der Waals surface area contributed by atoms with Gasteiger partial charge in [0.15, 0.2) is 0 Å². The van der Waals surface area contributed by atoms with Gasteiger partial charge in [-0.05, 0) is 44.6 Å². The van der Waals surface area contributed by atoms with Crippen LogP contribution < -0.4 is 0 Å². The van der Waals surface area contributed by atoms with E-state index in [9.17, 15) is 5.11 Å². The SMILES string of the molecule is C=CC[C@@]1(C)[C@H](C(=C)C)CC=C(C)[C@@]1(O)CCCC. The summed E-state index contributed by atoms with van der Waals surface area (Å²) in [5.41, 5.74) is 1.39. The number of hydrogen-bond acceptors (Lipinski definition) is 1. The maximum absolute atomic E-state index is 11.4. The van der Waals surface area contributed by atoms with Gasteiger partial charge in [0.25, 0.3) is 0 Å². The summed E-state index contributed by atoms with van der Waals surface area (Å²) in [6.07, 6.45) is 8.97. The van der Waals surface area contributed by atoms with Crippen LogP contribution in [0, 0.1) is 11.3 Å². The highest BCUT2D eigenvalue weighted by Crippen LogP contribution is 2.54. The van der Waals surface area contributed by atoms with Crippen LogP contribution in [0.3, 0.4) is 0 Å². The number of hydrogen-bond donors (Lipinski definition) is 1. The van der Waals surface area contributed by atoms with E-state index >= 15 is 0 Å². The third-order valence-electron chi connectivity index (χ3n) is 5.08. The van der Waals surface area contributed by atoms with Crippen molar-refractivity contribution in [1.29, 1.82) is 0 Å². The number of allylic oxidation sites excluding steroid dienone is 3. The average Bonchev–Trinajstić information content (AvgIpc) is 2.34. The van der Waals surface area contributed by atoms with Gasteiger partial charge in [0, 0.05) is 5.41 Å². The minimum Gasteiger partial charge on any atom is -0.385 e. The Hall–Kier alpha value is -0.820. The fraction of sp³-hybridized carbons (Fsp3) is 0.667. The van der Waals surface area contributed by atoms with Crippen molar-refractivity contribution in [2.45, 2.75) is 65.4 Å². The Morgan fingerprint density at radius 3 is 2.68 bits per heavy atom. The zero-order valence-electron chi connectivity index (χ0n) is 13.1. The Labute approximate surface area is 119 Å². The third kappa shape index (κ3) is 2.72. The van der Waals surface area contributed by atoms with Gasteiger partial charge < -0.3 is 5.11 Å². The second-order valence-electron chi connectivity index (χ2n) is 6.40. The minimum absolute atomic E-state index is 0.186. The summed E-state index contributed by atoms with van der Waals surface area (Å²) in [6.45, 7) is 16.6. The van der Waals surface area contributed by atoms with Crippen LogP contribution in [0.25, 0.3) is 0 Å². The van der Waals surface area contributed by atoms with Gasteiger partial charge in [-0.1, -0.05) is 51.0 Å². The molecule has 0 fully saturated rings. The van der Waals surface area contributed by atoms with Gasteiger partial charge in [0.2, 0.25) is 0 Å². The molecule has 0 saturated heterocycles. The van der Waals surface area contributed by atoms with Crippen molar-refractivity contribution in [1.82, 2.24) is 0 Å². The summed E-state index contributed by atoms with van der Waals surface area (Å²) in [6, 6.07) is 0. The zero-order chi connectivity index (χ0) is 14.7. The van der Waals surface area contributed by atoms with E-state index in [-0.39, 0.29) is 5.41 Å². The lowest BCUT2D eigenvalue weighted by atomic mass is 9.54. The molecule has 1 aliphatic carbocycles. The molecule has 1 heteroatoms. The monoisotopic (exact) mass is 262 g/mol. The van der Waals surface area contributed by atoms with E-state index in [4.69, 9.17) is 0 Å². The second-order valence-corrected chi connectivity index (χ2v) is 6.40. The Kier molecular flexibility index (Phi) is 5.20. The molecule has 0 spiro atoms. The van der Waals surface area contributed by atoms with Crippen molar-refractivity contribution in [3.63, 3.8) is 0 Å². The molecule has 0 radical (unpaired) electrons. The molecule has 19 heavy (non-hydrogen) atoms. The molecule has 0 amide bonds. The highest BCUT2D eigenvalue weighted by atomic mass is 16.3. The van der Waals surface area contributed by atoms with E-state index < -0.39 is 5.60 Å². The maximum Gasteiger partial charge on any atom is 0.0916 e. The largest absolute Gasteiger partial charge is 0.385 e. The molecular weight excluding hydrogens is 232 g/mol. The third-order valence-corrected chi connectivity index (χ3v) is 5.08. The molecule has 0 bridgehead atoms. The number of aliphatic hydroxyl groups is 1. The molecule has 1 rings (SSSR count). The summed E-state index contributed by atoms with van der Waals surface area (Å²) in [5.74, 6) is 0.330. The summed E-state index contributed by atoms with van der Waals surface area (Å²) in [4.78, 5) is 0. The van der Waals surface area contributed by atoms with Crippen molar-refractivity contribution >= 4 is 0 Å². The first-order valence-electron chi connectivity index (χ1n) is 7.49. The van der Waals surface area contributed by atoms with E-state index in [0.717, 1.165) is 37.7 Å². The maximum atomic E-state index is 11.4. The fourth-order valence-corrected chi connectivity index (χ4v) is 3.73. The molecule has 108 valence electrons. The molecule has 1 nitrogen and oxygen atoms in total. The lowest BCUT2D eigenvalue weighted by Crippen LogP contribution is -2.53. The quantitative estimate of drug-likeness (QED) is 0.665. The number of unbranched alkanes of at least 4 members (excludes halogenated alkanes) is 1. The first kappa shape index (κ1) is 16.2. The van der Waals surface area contributed by atoms with E-state index in [2.05, 4.69) is 46.9 Å². The van der Waals surface area contributed by atoms with E-state index in [1.807, 2.05) is 6.08 Å².